The van der Waals surface area contributed by atoms with Crippen LogP contribution in [-0.4, -0.2) is 29.8 Å². The first kappa shape index (κ1) is 16.0. The minimum absolute atomic E-state index is 0.375. The predicted molar refractivity (Wildman–Crippen MR) is 84.9 cm³/mol. The summed E-state index contributed by atoms with van der Waals surface area (Å²) in [4.78, 5) is 14.9. The van der Waals surface area contributed by atoms with Crippen LogP contribution >= 0.6 is 0 Å². The highest BCUT2D eigenvalue weighted by Gasteiger charge is 2.34. The van der Waals surface area contributed by atoms with Crippen LogP contribution < -0.4 is 0 Å². The third-order valence-electron chi connectivity index (χ3n) is 5.28. The van der Waals surface area contributed by atoms with Crippen molar-refractivity contribution < 1.29 is 4.79 Å². The van der Waals surface area contributed by atoms with Gasteiger partial charge in [-0.05, 0) is 45.2 Å². The predicted octanol–water partition coefficient (Wildman–Crippen LogP) is 4.57. The van der Waals surface area contributed by atoms with Crippen LogP contribution in [0, 0.1) is 5.92 Å². The molecule has 1 aliphatic heterocycles. The second-order valence-electron chi connectivity index (χ2n) is 6.83. The number of hydrogen-bond acceptors (Lipinski definition) is 2. The van der Waals surface area contributed by atoms with Crippen LogP contribution in [0.5, 0.6) is 0 Å². The van der Waals surface area contributed by atoms with Crippen LogP contribution in [0.4, 0.5) is 0 Å². The molecule has 2 fully saturated rings. The second-order valence-corrected chi connectivity index (χ2v) is 6.83. The zero-order valence-electron chi connectivity index (χ0n) is 13.4. The average Bonchev–Trinajstić information content (AvgIpc) is 2.48. The minimum Gasteiger partial charge on any atom is -0.300 e. The molecule has 0 aromatic carbocycles. The van der Waals surface area contributed by atoms with E-state index in [-0.39, 0.29) is 0 Å². The van der Waals surface area contributed by atoms with E-state index in [4.69, 9.17) is 0 Å². The quantitative estimate of drug-likeness (QED) is 0.636. The standard InChI is InChI=1S/C18H33NO/c1-2-3-4-5-9-14-19-15-10-8-12-17(19)16-11-6-7-13-18(16)20/h16-17H,2-15H2,1H3. The molecule has 1 saturated carbocycles. The van der Waals surface area contributed by atoms with Gasteiger partial charge < -0.3 is 0 Å². The van der Waals surface area contributed by atoms with Gasteiger partial charge in [-0.15, -0.1) is 0 Å². The third-order valence-corrected chi connectivity index (χ3v) is 5.28. The van der Waals surface area contributed by atoms with Crippen LogP contribution in [0.15, 0.2) is 0 Å². The maximum Gasteiger partial charge on any atom is 0.137 e. The summed E-state index contributed by atoms with van der Waals surface area (Å²) < 4.78 is 0. The van der Waals surface area contributed by atoms with E-state index in [1.807, 2.05) is 0 Å². The zero-order valence-corrected chi connectivity index (χ0v) is 13.4. The normalized spacial score (nSPS) is 28.8. The molecule has 0 aromatic rings. The van der Waals surface area contributed by atoms with E-state index >= 15 is 0 Å². The molecule has 2 nitrogen and oxygen atoms in total. The Balaban J connectivity index is 1.80. The highest BCUT2D eigenvalue weighted by Crippen LogP contribution is 2.31. The van der Waals surface area contributed by atoms with Gasteiger partial charge in [0.25, 0.3) is 0 Å². The van der Waals surface area contributed by atoms with E-state index < -0.39 is 0 Å². The van der Waals surface area contributed by atoms with Gasteiger partial charge in [0.05, 0.1) is 0 Å². The van der Waals surface area contributed by atoms with E-state index in [9.17, 15) is 4.79 Å². The summed E-state index contributed by atoms with van der Waals surface area (Å²) in [6.07, 6.45) is 15.2. The van der Waals surface area contributed by atoms with E-state index in [0.717, 1.165) is 19.3 Å². The maximum atomic E-state index is 12.2. The Labute approximate surface area is 125 Å². The topological polar surface area (TPSA) is 20.3 Å². The van der Waals surface area contributed by atoms with Crippen LogP contribution in [-0.2, 0) is 4.79 Å². The monoisotopic (exact) mass is 279 g/mol. The van der Waals surface area contributed by atoms with Gasteiger partial charge in [-0.1, -0.05) is 45.4 Å². The number of likely N-dealkylation sites (tertiary alicyclic amines) is 1. The Bertz CT molecular complexity index is 289. The molecule has 0 radical (unpaired) electrons. The first-order valence-electron chi connectivity index (χ1n) is 9.09. The summed E-state index contributed by atoms with van der Waals surface area (Å²) in [5.74, 6) is 0.943. The molecule has 20 heavy (non-hydrogen) atoms. The Kier molecular flexibility index (Phi) is 7.06. The molecule has 1 heterocycles. The summed E-state index contributed by atoms with van der Waals surface area (Å²) in [5.41, 5.74) is 0. The van der Waals surface area contributed by atoms with Gasteiger partial charge in [0.2, 0.25) is 0 Å². The minimum atomic E-state index is 0.375. The summed E-state index contributed by atoms with van der Waals surface area (Å²) in [5, 5.41) is 0. The average molecular weight is 279 g/mol. The van der Waals surface area contributed by atoms with Gasteiger partial charge in [-0.3, -0.25) is 9.69 Å². The number of piperidine rings is 1. The van der Waals surface area contributed by atoms with E-state index in [1.54, 1.807) is 0 Å². The van der Waals surface area contributed by atoms with Crippen molar-refractivity contribution in [3.8, 4) is 0 Å². The Hall–Kier alpha value is -0.370. The van der Waals surface area contributed by atoms with Gasteiger partial charge in [-0.2, -0.15) is 0 Å². The largest absolute Gasteiger partial charge is 0.300 e. The van der Waals surface area contributed by atoms with E-state index in [1.165, 1.54) is 70.9 Å². The molecule has 2 atom stereocenters. The van der Waals surface area contributed by atoms with Crippen LogP contribution in [0.2, 0.25) is 0 Å². The maximum absolute atomic E-state index is 12.2. The number of rotatable bonds is 7. The van der Waals surface area contributed by atoms with Crippen LogP contribution in [0.1, 0.15) is 84.0 Å². The Morgan fingerprint density at radius 2 is 1.80 bits per heavy atom. The van der Waals surface area contributed by atoms with Crippen LogP contribution in [0.3, 0.4) is 0 Å². The van der Waals surface area contributed by atoms with Crippen molar-refractivity contribution in [2.75, 3.05) is 13.1 Å². The van der Waals surface area contributed by atoms with Crippen molar-refractivity contribution in [2.24, 2.45) is 5.92 Å². The van der Waals surface area contributed by atoms with Crippen molar-refractivity contribution >= 4 is 5.78 Å². The lowest BCUT2D eigenvalue weighted by atomic mass is 9.79. The molecule has 2 rings (SSSR count). The molecule has 116 valence electrons. The molecular weight excluding hydrogens is 246 g/mol. The summed E-state index contributed by atoms with van der Waals surface area (Å²) in [7, 11) is 0. The molecule has 0 aromatic heterocycles. The summed E-state index contributed by atoms with van der Waals surface area (Å²) >= 11 is 0. The van der Waals surface area contributed by atoms with Crippen LogP contribution in [0.25, 0.3) is 0 Å². The number of carbonyl (C=O) groups is 1. The molecule has 1 saturated heterocycles. The Morgan fingerprint density at radius 3 is 2.60 bits per heavy atom. The molecule has 0 amide bonds. The number of unbranched alkanes of at least 4 members (excludes halogenated alkanes) is 4. The molecule has 0 N–H and O–H groups in total. The van der Waals surface area contributed by atoms with Crippen molar-refractivity contribution in [1.82, 2.24) is 4.90 Å². The first-order chi connectivity index (χ1) is 9.83. The van der Waals surface area contributed by atoms with Crippen molar-refractivity contribution in [2.45, 2.75) is 90.0 Å². The van der Waals surface area contributed by atoms with Gasteiger partial charge in [0.15, 0.2) is 0 Å². The van der Waals surface area contributed by atoms with Gasteiger partial charge >= 0.3 is 0 Å². The lowest BCUT2D eigenvalue weighted by molar-refractivity contribution is -0.127. The fourth-order valence-corrected chi connectivity index (χ4v) is 4.09. The fourth-order valence-electron chi connectivity index (χ4n) is 4.09. The van der Waals surface area contributed by atoms with E-state index in [0.29, 0.717) is 17.7 Å². The summed E-state index contributed by atoms with van der Waals surface area (Å²) in [6.45, 7) is 4.75. The summed E-state index contributed by atoms with van der Waals surface area (Å²) in [6, 6.07) is 0.586. The third kappa shape index (κ3) is 4.58. The number of nitrogens with zero attached hydrogens (tertiary/aromatic N) is 1. The molecule has 0 spiro atoms. The van der Waals surface area contributed by atoms with Gasteiger partial charge in [0.1, 0.15) is 5.78 Å². The second kappa shape index (κ2) is 8.81. The van der Waals surface area contributed by atoms with Gasteiger partial charge in [0, 0.05) is 18.4 Å². The zero-order chi connectivity index (χ0) is 14.2. The Morgan fingerprint density at radius 1 is 1.00 bits per heavy atom. The molecule has 2 unspecified atom stereocenters. The number of Topliss-reactive ketones (excluding diaryl/α,β-unsaturated/α-hetero) is 1. The highest BCUT2D eigenvalue weighted by atomic mass is 16.1. The highest BCUT2D eigenvalue weighted by molar-refractivity contribution is 5.82. The lowest BCUT2D eigenvalue weighted by Gasteiger charge is -2.41. The van der Waals surface area contributed by atoms with Crippen molar-refractivity contribution in [3.63, 3.8) is 0 Å². The van der Waals surface area contributed by atoms with Crippen molar-refractivity contribution in [3.05, 3.63) is 0 Å². The molecule has 0 bridgehead atoms. The SMILES string of the molecule is CCCCCCCN1CCCCC1C1CCCCC1=O. The first-order valence-corrected chi connectivity index (χ1v) is 9.09. The lowest BCUT2D eigenvalue weighted by Crippen LogP contribution is -2.47. The molecule has 1 aliphatic carbocycles. The smallest absolute Gasteiger partial charge is 0.137 e. The number of carbonyl (C=O) groups excluding carboxylic acids is 1. The number of hydrogen-bond donors (Lipinski definition) is 0. The fraction of sp³-hybridized carbons (Fsp3) is 0.944. The molecule has 2 aliphatic rings. The van der Waals surface area contributed by atoms with Crippen molar-refractivity contribution in [1.29, 1.82) is 0 Å². The number of ketones is 1. The van der Waals surface area contributed by atoms with E-state index in [2.05, 4.69) is 11.8 Å². The molecular formula is C18H33NO. The van der Waals surface area contributed by atoms with Gasteiger partial charge in [-0.25, -0.2) is 0 Å². The molecule has 2 heteroatoms.